The van der Waals surface area contributed by atoms with Gasteiger partial charge in [0.25, 0.3) is 0 Å². The highest BCUT2D eigenvalue weighted by molar-refractivity contribution is 7.17. The third-order valence-electron chi connectivity index (χ3n) is 5.47. The number of carboxylic acids is 1. The number of aromatic carboxylic acids is 1. The summed E-state index contributed by atoms with van der Waals surface area (Å²) in [6.45, 7) is 4.46. The van der Waals surface area contributed by atoms with E-state index in [2.05, 4.69) is 49.9 Å². The molecule has 31 heavy (non-hydrogen) atoms. The van der Waals surface area contributed by atoms with E-state index in [0.717, 1.165) is 36.2 Å². The number of thiazole rings is 1. The van der Waals surface area contributed by atoms with Crippen molar-refractivity contribution in [3.05, 3.63) is 52.3 Å². The standard InChI is InChI=1S/C21H21N7O2S/c1-3-28-10-22-17-15(28)18(24-14-9-8-12-6-4-5-7-13(12)14)26-20(25-17)27-21-23-11(2)16(31-21)19(29)30/h4-7,10,14H,3,8-9H2,1-2H3,(H,29,30)(H2,23,24,25,26,27)/t14-/m0/s1. The van der Waals surface area contributed by atoms with Crippen molar-refractivity contribution in [2.75, 3.05) is 10.6 Å². The molecule has 1 aliphatic carbocycles. The maximum absolute atomic E-state index is 11.3. The van der Waals surface area contributed by atoms with Crippen LogP contribution in [-0.2, 0) is 13.0 Å². The Bertz CT molecular complexity index is 1300. The fourth-order valence-corrected chi connectivity index (χ4v) is 4.79. The topological polar surface area (TPSA) is 118 Å². The Morgan fingerprint density at radius 2 is 2.13 bits per heavy atom. The highest BCUT2D eigenvalue weighted by atomic mass is 32.1. The van der Waals surface area contributed by atoms with E-state index in [1.54, 1.807) is 13.3 Å². The van der Waals surface area contributed by atoms with Crippen LogP contribution in [0.3, 0.4) is 0 Å². The predicted octanol–water partition coefficient (Wildman–Crippen LogP) is 4.15. The molecule has 3 aromatic heterocycles. The zero-order valence-corrected chi connectivity index (χ0v) is 17.9. The van der Waals surface area contributed by atoms with Gasteiger partial charge in [0, 0.05) is 6.54 Å². The second-order valence-corrected chi connectivity index (χ2v) is 8.40. The van der Waals surface area contributed by atoms with Gasteiger partial charge >= 0.3 is 5.97 Å². The van der Waals surface area contributed by atoms with Crippen LogP contribution in [0, 0.1) is 6.92 Å². The molecule has 0 amide bonds. The molecule has 0 spiro atoms. The number of fused-ring (bicyclic) bond motifs is 2. The number of nitrogens with zero attached hydrogens (tertiary/aromatic N) is 5. The molecule has 1 atom stereocenters. The van der Waals surface area contributed by atoms with Gasteiger partial charge in [-0.3, -0.25) is 5.32 Å². The molecule has 1 aromatic carbocycles. The lowest BCUT2D eigenvalue weighted by atomic mass is 10.1. The monoisotopic (exact) mass is 435 g/mol. The molecule has 10 heteroatoms. The summed E-state index contributed by atoms with van der Waals surface area (Å²) in [5, 5.41) is 16.4. The normalized spacial score (nSPS) is 15.2. The highest BCUT2D eigenvalue weighted by Crippen LogP contribution is 2.35. The number of carboxylic acid groups (broad SMARTS) is 1. The van der Waals surface area contributed by atoms with E-state index in [-0.39, 0.29) is 10.9 Å². The third-order valence-corrected chi connectivity index (χ3v) is 6.53. The summed E-state index contributed by atoms with van der Waals surface area (Å²) in [4.78, 5) is 29.5. The summed E-state index contributed by atoms with van der Waals surface area (Å²) in [5.41, 5.74) is 4.51. The van der Waals surface area contributed by atoms with Crippen LogP contribution in [0.5, 0.6) is 0 Å². The van der Waals surface area contributed by atoms with Gasteiger partial charge < -0.3 is 15.0 Å². The SMILES string of the molecule is CCn1cnc2nc(Nc3nc(C)c(C(=O)O)s3)nc(N[C@H]3CCc4ccccc43)c21. The fraction of sp³-hybridized carbons (Fsp3) is 0.286. The van der Waals surface area contributed by atoms with Crippen molar-refractivity contribution in [3.63, 3.8) is 0 Å². The van der Waals surface area contributed by atoms with E-state index in [9.17, 15) is 9.90 Å². The van der Waals surface area contributed by atoms with Gasteiger partial charge in [-0.05, 0) is 37.8 Å². The van der Waals surface area contributed by atoms with Crippen LogP contribution in [0.1, 0.15) is 45.9 Å². The molecule has 0 aliphatic heterocycles. The molecule has 1 aliphatic rings. The summed E-state index contributed by atoms with van der Waals surface area (Å²) in [6, 6.07) is 8.60. The first-order chi connectivity index (χ1) is 15.0. The number of benzene rings is 1. The van der Waals surface area contributed by atoms with Crippen LogP contribution < -0.4 is 10.6 Å². The van der Waals surface area contributed by atoms with Gasteiger partial charge in [-0.2, -0.15) is 9.97 Å². The van der Waals surface area contributed by atoms with Crippen LogP contribution in [0.15, 0.2) is 30.6 Å². The van der Waals surface area contributed by atoms with Gasteiger partial charge in [0.15, 0.2) is 16.6 Å². The minimum absolute atomic E-state index is 0.156. The Balaban J connectivity index is 1.53. The third kappa shape index (κ3) is 3.48. The molecule has 0 unspecified atom stereocenters. The van der Waals surface area contributed by atoms with Gasteiger partial charge in [-0.25, -0.2) is 14.8 Å². The summed E-state index contributed by atoms with van der Waals surface area (Å²) in [7, 11) is 0. The van der Waals surface area contributed by atoms with Crippen molar-refractivity contribution in [2.45, 2.75) is 39.3 Å². The van der Waals surface area contributed by atoms with Crippen molar-refractivity contribution in [3.8, 4) is 0 Å². The average molecular weight is 436 g/mol. The Morgan fingerprint density at radius 3 is 2.90 bits per heavy atom. The van der Waals surface area contributed by atoms with Crippen molar-refractivity contribution in [2.24, 2.45) is 0 Å². The first-order valence-corrected chi connectivity index (χ1v) is 10.9. The van der Waals surface area contributed by atoms with Gasteiger partial charge in [-0.15, -0.1) is 0 Å². The van der Waals surface area contributed by atoms with Gasteiger partial charge in [0.2, 0.25) is 5.95 Å². The fourth-order valence-electron chi connectivity index (χ4n) is 3.99. The van der Waals surface area contributed by atoms with E-state index >= 15 is 0 Å². The smallest absolute Gasteiger partial charge is 0.347 e. The Morgan fingerprint density at radius 1 is 1.29 bits per heavy atom. The number of hydrogen-bond donors (Lipinski definition) is 3. The molecule has 0 fully saturated rings. The number of rotatable bonds is 6. The van der Waals surface area contributed by atoms with Crippen LogP contribution >= 0.6 is 11.3 Å². The molecule has 0 saturated carbocycles. The number of imidazole rings is 1. The molecule has 4 aromatic rings. The van der Waals surface area contributed by atoms with Crippen molar-refractivity contribution in [1.82, 2.24) is 24.5 Å². The lowest BCUT2D eigenvalue weighted by Crippen LogP contribution is -2.11. The van der Waals surface area contributed by atoms with Crippen molar-refractivity contribution < 1.29 is 9.90 Å². The first kappa shape index (κ1) is 19.4. The average Bonchev–Trinajstić information content (AvgIpc) is 3.45. The first-order valence-electron chi connectivity index (χ1n) is 10.1. The quantitative estimate of drug-likeness (QED) is 0.413. The molecule has 0 bridgehead atoms. The maximum atomic E-state index is 11.3. The van der Waals surface area contributed by atoms with Gasteiger partial charge in [0.05, 0.1) is 18.1 Å². The molecule has 0 radical (unpaired) electrons. The number of aromatic nitrogens is 5. The Hall–Kier alpha value is -3.53. The maximum Gasteiger partial charge on any atom is 0.347 e. The van der Waals surface area contributed by atoms with Crippen LogP contribution in [-0.4, -0.2) is 35.6 Å². The second-order valence-electron chi connectivity index (χ2n) is 7.40. The lowest BCUT2D eigenvalue weighted by Gasteiger charge is -2.17. The minimum Gasteiger partial charge on any atom is -0.477 e. The van der Waals surface area contributed by atoms with Crippen molar-refractivity contribution >= 4 is 45.4 Å². The zero-order valence-electron chi connectivity index (χ0n) is 17.1. The predicted molar refractivity (Wildman–Crippen MR) is 119 cm³/mol. The molecule has 9 nitrogen and oxygen atoms in total. The molecule has 0 saturated heterocycles. The Labute approximate surface area is 182 Å². The van der Waals surface area contributed by atoms with Crippen LogP contribution in [0.4, 0.5) is 16.9 Å². The molecular weight excluding hydrogens is 414 g/mol. The van der Waals surface area contributed by atoms with Crippen molar-refractivity contribution in [1.29, 1.82) is 0 Å². The van der Waals surface area contributed by atoms with E-state index < -0.39 is 5.97 Å². The van der Waals surface area contributed by atoms with Gasteiger partial charge in [-0.1, -0.05) is 35.6 Å². The second kappa shape index (κ2) is 7.62. The number of hydrogen-bond acceptors (Lipinski definition) is 8. The number of anilines is 3. The molecular formula is C21H21N7O2S. The van der Waals surface area contributed by atoms with Crippen LogP contribution in [0.2, 0.25) is 0 Å². The largest absolute Gasteiger partial charge is 0.477 e. The van der Waals surface area contributed by atoms with E-state index in [1.165, 1.54) is 11.1 Å². The van der Waals surface area contributed by atoms with E-state index in [1.807, 2.05) is 11.5 Å². The van der Waals surface area contributed by atoms with Crippen LogP contribution in [0.25, 0.3) is 11.2 Å². The molecule has 5 rings (SSSR count). The lowest BCUT2D eigenvalue weighted by molar-refractivity contribution is 0.0701. The molecule has 158 valence electrons. The minimum atomic E-state index is -0.997. The summed E-state index contributed by atoms with van der Waals surface area (Å²) in [5.74, 6) is 0.0250. The van der Waals surface area contributed by atoms with E-state index in [4.69, 9.17) is 4.98 Å². The van der Waals surface area contributed by atoms with E-state index in [0.29, 0.717) is 28.2 Å². The number of aryl methyl sites for hydroxylation is 3. The molecule has 3 N–H and O–H groups in total. The summed E-state index contributed by atoms with van der Waals surface area (Å²) in [6.07, 6.45) is 3.77. The summed E-state index contributed by atoms with van der Waals surface area (Å²) < 4.78 is 2.01. The summed E-state index contributed by atoms with van der Waals surface area (Å²) >= 11 is 1.06. The zero-order chi connectivity index (χ0) is 21.5. The Kier molecular flexibility index (Phi) is 4.78. The molecule has 3 heterocycles. The highest BCUT2D eigenvalue weighted by Gasteiger charge is 2.24. The number of carbonyl (C=O) groups is 1. The van der Waals surface area contributed by atoms with Gasteiger partial charge in [0.1, 0.15) is 10.4 Å². The number of nitrogens with one attached hydrogen (secondary N) is 2.